The minimum absolute atomic E-state index is 0.0314. The van der Waals surface area contributed by atoms with Crippen LogP contribution in [0.1, 0.15) is 45.1 Å². The molecule has 3 N–H and O–H groups in total. The van der Waals surface area contributed by atoms with Gasteiger partial charge in [0.15, 0.2) is 5.54 Å². The van der Waals surface area contributed by atoms with Gasteiger partial charge in [-0.3, -0.25) is 9.59 Å². The van der Waals surface area contributed by atoms with Gasteiger partial charge in [0.2, 0.25) is 11.8 Å². The summed E-state index contributed by atoms with van der Waals surface area (Å²) < 4.78 is 13.0. The predicted octanol–water partition coefficient (Wildman–Crippen LogP) is 1.94. The molecule has 2 amide bonds. The molecular weight excluding hydrogens is 315 g/mol. The number of rotatable bonds is 9. The van der Waals surface area contributed by atoms with E-state index in [1.54, 1.807) is 0 Å². The normalized spacial score (nSPS) is 13.0. The fourth-order valence-electron chi connectivity index (χ4n) is 2.14. The van der Waals surface area contributed by atoms with Crippen LogP contribution >= 0.6 is 0 Å². The SMILES string of the molecule is CCCNC(=O)CCCC(=O)NC(C)(C(=O)O)c1ccc(F)cc1. The van der Waals surface area contributed by atoms with Crippen molar-refractivity contribution in [2.75, 3.05) is 6.54 Å². The second-order valence-corrected chi connectivity index (χ2v) is 5.69. The Morgan fingerprint density at radius 1 is 1.12 bits per heavy atom. The molecule has 0 radical (unpaired) electrons. The van der Waals surface area contributed by atoms with Crippen molar-refractivity contribution in [3.63, 3.8) is 0 Å². The Morgan fingerprint density at radius 3 is 2.25 bits per heavy atom. The second kappa shape index (κ2) is 9.00. The van der Waals surface area contributed by atoms with Crippen molar-refractivity contribution in [2.24, 2.45) is 0 Å². The smallest absolute Gasteiger partial charge is 0.333 e. The lowest BCUT2D eigenvalue weighted by atomic mass is 9.91. The molecule has 0 heterocycles. The van der Waals surface area contributed by atoms with E-state index >= 15 is 0 Å². The molecule has 24 heavy (non-hydrogen) atoms. The van der Waals surface area contributed by atoms with Gasteiger partial charge in [-0.05, 0) is 37.5 Å². The van der Waals surface area contributed by atoms with Crippen molar-refractivity contribution in [3.05, 3.63) is 35.6 Å². The quantitative estimate of drug-likeness (QED) is 0.641. The van der Waals surface area contributed by atoms with Crippen molar-refractivity contribution in [2.45, 2.75) is 45.1 Å². The Hall–Kier alpha value is -2.44. The molecule has 0 spiro atoms. The minimum atomic E-state index is -1.66. The first-order valence-electron chi connectivity index (χ1n) is 7.86. The largest absolute Gasteiger partial charge is 0.479 e. The molecule has 1 aromatic rings. The van der Waals surface area contributed by atoms with Gasteiger partial charge in [0.05, 0.1) is 0 Å². The van der Waals surface area contributed by atoms with E-state index in [1.807, 2.05) is 6.92 Å². The standard InChI is InChI=1S/C17H23FN2O4/c1-3-11-19-14(21)5-4-6-15(22)20-17(2,16(23)24)12-7-9-13(18)10-8-12/h7-10H,3-6,11H2,1-2H3,(H,19,21)(H,20,22)(H,23,24). The fourth-order valence-corrected chi connectivity index (χ4v) is 2.14. The highest BCUT2D eigenvalue weighted by molar-refractivity contribution is 5.88. The van der Waals surface area contributed by atoms with Crippen LogP contribution < -0.4 is 10.6 Å². The Kier molecular flexibility index (Phi) is 7.35. The zero-order valence-corrected chi connectivity index (χ0v) is 13.9. The van der Waals surface area contributed by atoms with Crippen molar-refractivity contribution < 1.29 is 23.9 Å². The molecule has 0 bridgehead atoms. The molecule has 0 aliphatic rings. The number of carboxylic acid groups (broad SMARTS) is 1. The van der Waals surface area contributed by atoms with Crippen LogP contribution in [0, 0.1) is 5.82 Å². The van der Waals surface area contributed by atoms with E-state index < -0.39 is 23.2 Å². The maximum Gasteiger partial charge on any atom is 0.333 e. The van der Waals surface area contributed by atoms with Gasteiger partial charge in [0.25, 0.3) is 0 Å². The molecule has 0 fully saturated rings. The number of nitrogens with one attached hydrogen (secondary N) is 2. The highest BCUT2D eigenvalue weighted by atomic mass is 19.1. The lowest BCUT2D eigenvalue weighted by Gasteiger charge is -2.26. The maximum atomic E-state index is 13.0. The maximum absolute atomic E-state index is 13.0. The highest BCUT2D eigenvalue weighted by Gasteiger charge is 2.36. The number of hydrogen-bond donors (Lipinski definition) is 3. The van der Waals surface area contributed by atoms with E-state index in [4.69, 9.17) is 0 Å². The molecular formula is C17H23FN2O4. The number of aliphatic carboxylic acids is 1. The number of amides is 2. The summed E-state index contributed by atoms with van der Waals surface area (Å²) in [4.78, 5) is 35.0. The van der Waals surface area contributed by atoms with Gasteiger partial charge in [0.1, 0.15) is 5.82 Å². The average Bonchev–Trinajstić information content (AvgIpc) is 2.53. The van der Waals surface area contributed by atoms with Gasteiger partial charge in [-0.1, -0.05) is 19.1 Å². The number of carboxylic acids is 1. The summed E-state index contributed by atoms with van der Waals surface area (Å²) in [6.45, 7) is 3.87. The van der Waals surface area contributed by atoms with Crippen molar-refractivity contribution in [1.29, 1.82) is 0 Å². The summed E-state index contributed by atoms with van der Waals surface area (Å²) in [6, 6.07) is 4.92. The molecule has 0 saturated heterocycles. The summed E-state index contributed by atoms with van der Waals surface area (Å²) in [7, 11) is 0. The zero-order chi connectivity index (χ0) is 18.2. The molecule has 1 rings (SSSR count). The lowest BCUT2D eigenvalue weighted by Crippen LogP contribution is -2.49. The summed E-state index contributed by atoms with van der Waals surface area (Å²) >= 11 is 0. The molecule has 1 aromatic carbocycles. The molecule has 0 aliphatic heterocycles. The Labute approximate surface area is 140 Å². The van der Waals surface area contributed by atoms with Crippen LogP contribution in [0.4, 0.5) is 4.39 Å². The van der Waals surface area contributed by atoms with Crippen molar-refractivity contribution in [3.8, 4) is 0 Å². The minimum Gasteiger partial charge on any atom is -0.479 e. The number of benzene rings is 1. The first-order chi connectivity index (χ1) is 11.3. The third-order valence-electron chi connectivity index (χ3n) is 3.62. The van der Waals surface area contributed by atoms with Gasteiger partial charge in [-0.15, -0.1) is 0 Å². The highest BCUT2D eigenvalue weighted by Crippen LogP contribution is 2.22. The van der Waals surface area contributed by atoms with Crippen molar-refractivity contribution in [1.82, 2.24) is 10.6 Å². The molecule has 1 atom stereocenters. The number of carbonyl (C=O) groups excluding carboxylic acids is 2. The van der Waals surface area contributed by atoms with Gasteiger partial charge in [-0.25, -0.2) is 9.18 Å². The van der Waals surface area contributed by atoms with Crippen LogP contribution in [-0.4, -0.2) is 29.4 Å². The van der Waals surface area contributed by atoms with Crippen LogP contribution in [-0.2, 0) is 19.9 Å². The van der Waals surface area contributed by atoms with E-state index in [2.05, 4.69) is 10.6 Å². The van der Waals surface area contributed by atoms with Crippen LogP contribution in [0.3, 0.4) is 0 Å². The number of halogens is 1. The summed E-state index contributed by atoms with van der Waals surface area (Å²) in [5.41, 5.74) is -1.39. The molecule has 1 unspecified atom stereocenters. The monoisotopic (exact) mass is 338 g/mol. The topological polar surface area (TPSA) is 95.5 Å². The van der Waals surface area contributed by atoms with Crippen LogP contribution in [0.25, 0.3) is 0 Å². The molecule has 132 valence electrons. The molecule has 0 saturated carbocycles. The van der Waals surface area contributed by atoms with Gasteiger partial charge < -0.3 is 15.7 Å². The third-order valence-corrected chi connectivity index (χ3v) is 3.62. The molecule has 6 nitrogen and oxygen atoms in total. The first kappa shape index (κ1) is 19.6. The average molecular weight is 338 g/mol. The van der Waals surface area contributed by atoms with Gasteiger partial charge in [-0.2, -0.15) is 0 Å². The molecule has 0 aliphatic carbocycles. The lowest BCUT2D eigenvalue weighted by molar-refractivity contribution is -0.147. The van der Waals surface area contributed by atoms with E-state index in [1.165, 1.54) is 19.1 Å². The molecule has 0 aromatic heterocycles. The molecule has 7 heteroatoms. The Balaban J connectivity index is 2.62. The third kappa shape index (κ3) is 5.64. The zero-order valence-electron chi connectivity index (χ0n) is 13.9. The Morgan fingerprint density at radius 2 is 1.71 bits per heavy atom. The van der Waals surface area contributed by atoms with Crippen LogP contribution in [0.5, 0.6) is 0 Å². The van der Waals surface area contributed by atoms with Crippen LogP contribution in [0.15, 0.2) is 24.3 Å². The number of carbonyl (C=O) groups is 3. The van der Waals surface area contributed by atoms with Crippen LogP contribution in [0.2, 0.25) is 0 Å². The fraction of sp³-hybridized carbons (Fsp3) is 0.471. The van der Waals surface area contributed by atoms with Crippen molar-refractivity contribution >= 4 is 17.8 Å². The van der Waals surface area contributed by atoms with E-state index in [0.29, 0.717) is 13.0 Å². The summed E-state index contributed by atoms with van der Waals surface area (Å²) in [5.74, 6) is -2.35. The van der Waals surface area contributed by atoms with E-state index in [-0.39, 0.29) is 24.3 Å². The number of hydrogen-bond acceptors (Lipinski definition) is 3. The van der Waals surface area contributed by atoms with Gasteiger partial charge in [0, 0.05) is 19.4 Å². The van der Waals surface area contributed by atoms with Gasteiger partial charge >= 0.3 is 5.97 Å². The summed E-state index contributed by atoms with van der Waals surface area (Å²) in [5, 5.41) is 14.6. The van der Waals surface area contributed by atoms with E-state index in [9.17, 15) is 23.9 Å². The first-order valence-corrected chi connectivity index (χ1v) is 7.86. The second-order valence-electron chi connectivity index (χ2n) is 5.69. The summed E-state index contributed by atoms with van der Waals surface area (Å²) in [6.07, 6.45) is 1.39. The predicted molar refractivity (Wildman–Crippen MR) is 86.7 cm³/mol. The Bertz CT molecular complexity index is 589. The van der Waals surface area contributed by atoms with E-state index in [0.717, 1.165) is 18.6 Å².